The van der Waals surface area contributed by atoms with Crippen LogP contribution in [-0.4, -0.2) is 24.0 Å². The molecule has 0 saturated carbocycles. The first-order chi connectivity index (χ1) is 14.4. The minimum Gasteiger partial charge on any atom is -0.497 e. The zero-order valence-electron chi connectivity index (χ0n) is 15.6. The third-order valence-corrected chi connectivity index (χ3v) is 5.24. The predicted octanol–water partition coefficient (Wildman–Crippen LogP) is 6.34. The van der Waals surface area contributed by atoms with Gasteiger partial charge in [0.25, 0.3) is 0 Å². The lowest BCUT2D eigenvalue weighted by Gasteiger charge is -2.04. The van der Waals surface area contributed by atoms with Crippen molar-refractivity contribution in [1.29, 1.82) is 0 Å². The highest BCUT2D eigenvalue weighted by Crippen LogP contribution is 2.34. The van der Waals surface area contributed by atoms with Crippen LogP contribution in [0.5, 0.6) is 5.75 Å². The van der Waals surface area contributed by atoms with Crippen molar-refractivity contribution in [2.24, 2.45) is 0 Å². The molecule has 3 aromatic carbocycles. The number of carboxylic acid groups (broad SMARTS) is 1. The van der Waals surface area contributed by atoms with Crippen LogP contribution in [-0.2, 0) is 0 Å². The van der Waals surface area contributed by atoms with Gasteiger partial charge in [0, 0.05) is 16.0 Å². The second-order valence-electron chi connectivity index (χ2n) is 6.51. The van der Waals surface area contributed by atoms with Gasteiger partial charge in [0.1, 0.15) is 16.9 Å². The van der Waals surface area contributed by atoms with Gasteiger partial charge in [0.15, 0.2) is 5.76 Å². The molecule has 0 atom stereocenters. The van der Waals surface area contributed by atoms with E-state index in [1.54, 1.807) is 25.3 Å². The summed E-state index contributed by atoms with van der Waals surface area (Å²) < 4.78 is 11.0. The Morgan fingerprint density at radius 1 is 0.967 bits per heavy atom. The Kier molecular flexibility index (Phi) is 5.24. The van der Waals surface area contributed by atoms with Gasteiger partial charge in [-0.1, -0.05) is 41.4 Å². The summed E-state index contributed by atoms with van der Waals surface area (Å²) in [5.74, 6) is -1.50. The summed E-state index contributed by atoms with van der Waals surface area (Å²) >= 11 is 12.0. The molecule has 0 aliphatic carbocycles. The molecule has 0 amide bonds. The second-order valence-corrected chi connectivity index (χ2v) is 7.35. The van der Waals surface area contributed by atoms with Crippen molar-refractivity contribution in [3.05, 3.63) is 87.6 Å². The van der Waals surface area contributed by atoms with Gasteiger partial charge in [0.2, 0.25) is 5.78 Å². The molecule has 0 unspecified atom stereocenters. The van der Waals surface area contributed by atoms with E-state index in [0.717, 1.165) is 11.1 Å². The van der Waals surface area contributed by atoms with Crippen LogP contribution in [0.2, 0.25) is 10.0 Å². The predicted molar refractivity (Wildman–Crippen MR) is 115 cm³/mol. The quantitative estimate of drug-likeness (QED) is 0.366. The van der Waals surface area contributed by atoms with Crippen molar-refractivity contribution in [2.45, 2.75) is 0 Å². The van der Waals surface area contributed by atoms with Crippen LogP contribution in [0.25, 0.3) is 22.1 Å². The highest BCUT2D eigenvalue weighted by Gasteiger charge is 2.27. The smallest absolute Gasteiger partial charge is 0.340 e. The van der Waals surface area contributed by atoms with Gasteiger partial charge in [-0.2, -0.15) is 0 Å². The van der Waals surface area contributed by atoms with Crippen LogP contribution in [0.1, 0.15) is 26.5 Å². The SMILES string of the molecule is COc1cccc(-c2ccc3c(C(=O)O)c(C(=O)c4ccc(Cl)cc4Cl)oc3c2)c1. The number of carboxylic acids is 1. The second kappa shape index (κ2) is 7.86. The van der Waals surface area contributed by atoms with Gasteiger partial charge in [-0.15, -0.1) is 0 Å². The van der Waals surface area contributed by atoms with Crippen molar-refractivity contribution >= 4 is 45.9 Å². The zero-order valence-corrected chi connectivity index (χ0v) is 17.1. The Balaban J connectivity index is 1.87. The first-order valence-corrected chi connectivity index (χ1v) is 9.58. The Hall–Kier alpha value is -3.28. The lowest BCUT2D eigenvalue weighted by atomic mass is 10.0. The van der Waals surface area contributed by atoms with E-state index >= 15 is 0 Å². The number of carbonyl (C=O) groups excluding carboxylic acids is 1. The normalized spacial score (nSPS) is 10.9. The Bertz CT molecular complexity index is 1310. The van der Waals surface area contributed by atoms with Crippen LogP contribution in [0.15, 0.2) is 65.1 Å². The van der Waals surface area contributed by atoms with Gasteiger partial charge in [-0.05, 0) is 53.6 Å². The molecular weight excluding hydrogens is 427 g/mol. The van der Waals surface area contributed by atoms with Gasteiger partial charge < -0.3 is 14.3 Å². The number of aromatic carboxylic acids is 1. The molecule has 0 aliphatic rings. The third-order valence-electron chi connectivity index (χ3n) is 4.69. The molecule has 1 heterocycles. The van der Waals surface area contributed by atoms with Crippen LogP contribution >= 0.6 is 23.2 Å². The topological polar surface area (TPSA) is 76.7 Å². The first-order valence-electron chi connectivity index (χ1n) is 8.83. The van der Waals surface area contributed by atoms with Gasteiger partial charge >= 0.3 is 5.97 Å². The molecule has 5 nitrogen and oxygen atoms in total. The molecule has 150 valence electrons. The number of hydrogen-bond donors (Lipinski definition) is 1. The molecule has 1 N–H and O–H groups in total. The maximum atomic E-state index is 13.0. The van der Waals surface area contributed by atoms with Crippen molar-refractivity contribution in [3.63, 3.8) is 0 Å². The number of carbonyl (C=O) groups is 2. The molecule has 0 spiro atoms. The Morgan fingerprint density at radius 2 is 1.73 bits per heavy atom. The molecule has 4 aromatic rings. The van der Waals surface area contributed by atoms with Crippen molar-refractivity contribution in [3.8, 4) is 16.9 Å². The standard InChI is InChI=1S/C23H14Cl2O5/c1-29-15-4-2-3-12(9-15)13-5-7-17-19(10-13)30-22(20(17)23(27)28)21(26)16-8-6-14(24)11-18(16)25/h2-11H,1H3,(H,27,28). The number of furan rings is 1. The number of ether oxygens (including phenoxy) is 1. The summed E-state index contributed by atoms with van der Waals surface area (Å²) in [5.41, 5.74) is 1.82. The lowest BCUT2D eigenvalue weighted by Crippen LogP contribution is -2.07. The van der Waals surface area contributed by atoms with Crippen LogP contribution in [0.3, 0.4) is 0 Å². The van der Waals surface area contributed by atoms with E-state index in [0.29, 0.717) is 16.2 Å². The number of fused-ring (bicyclic) bond motifs is 1. The number of rotatable bonds is 5. The number of halogens is 2. The molecule has 30 heavy (non-hydrogen) atoms. The lowest BCUT2D eigenvalue weighted by molar-refractivity contribution is 0.0692. The van der Waals surface area contributed by atoms with E-state index < -0.39 is 11.8 Å². The zero-order chi connectivity index (χ0) is 21.4. The van der Waals surface area contributed by atoms with Crippen molar-refractivity contribution in [1.82, 2.24) is 0 Å². The molecule has 0 aliphatic heterocycles. The van der Waals surface area contributed by atoms with E-state index in [-0.39, 0.29) is 27.5 Å². The molecule has 0 fully saturated rings. The fraction of sp³-hybridized carbons (Fsp3) is 0.0435. The number of ketones is 1. The van der Waals surface area contributed by atoms with E-state index in [4.69, 9.17) is 32.4 Å². The summed E-state index contributed by atoms with van der Waals surface area (Å²) in [6, 6.07) is 16.9. The van der Waals surface area contributed by atoms with Gasteiger partial charge in [-0.25, -0.2) is 4.79 Å². The third kappa shape index (κ3) is 3.54. The average molecular weight is 441 g/mol. The first kappa shape index (κ1) is 20.0. The van der Waals surface area contributed by atoms with Gasteiger partial charge in [-0.3, -0.25) is 4.79 Å². The minimum atomic E-state index is -1.27. The fourth-order valence-corrected chi connectivity index (χ4v) is 3.74. The Labute approximate surface area is 181 Å². The largest absolute Gasteiger partial charge is 0.497 e. The Morgan fingerprint density at radius 3 is 2.43 bits per heavy atom. The molecule has 0 saturated heterocycles. The maximum absolute atomic E-state index is 13.0. The highest BCUT2D eigenvalue weighted by molar-refractivity contribution is 6.37. The van der Waals surface area contributed by atoms with Crippen LogP contribution in [0, 0.1) is 0 Å². The molecule has 4 rings (SSSR count). The minimum absolute atomic E-state index is 0.107. The monoisotopic (exact) mass is 440 g/mol. The molecule has 1 aromatic heterocycles. The van der Waals surface area contributed by atoms with E-state index in [2.05, 4.69) is 0 Å². The number of methoxy groups -OCH3 is 1. The maximum Gasteiger partial charge on any atom is 0.340 e. The summed E-state index contributed by atoms with van der Waals surface area (Å²) in [6.45, 7) is 0. The molecule has 0 bridgehead atoms. The summed E-state index contributed by atoms with van der Waals surface area (Å²) in [7, 11) is 1.58. The van der Waals surface area contributed by atoms with E-state index in [1.165, 1.54) is 18.2 Å². The molecule has 0 radical (unpaired) electrons. The highest BCUT2D eigenvalue weighted by atomic mass is 35.5. The van der Waals surface area contributed by atoms with Crippen molar-refractivity contribution in [2.75, 3.05) is 7.11 Å². The number of hydrogen-bond acceptors (Lipinski definition) is 4. The molecule has 7 heteroatoms. The van der Waals surface area contributed by atoms with Crippen LogP contribution < -0.4 is 4.74 Å². The fourth-order valence-electron chi connectivity index (χ4n) is 3.25. The van der Waals surface area contributed by atoms with Crippen LogP contribution in [0.4, 0.5) is 0 Å². The summed E-state index contributed by atoms with van der Waals surface area (Å²) in [5, 5.41) is 10.5. The molecular formula is C23H14Cl2O5. The van der Waals surface area contributed by atoms with Crippen molar-refractivity contribution < 1.29 is 23.8 Å². The van der Waals surface area contributed by atoms with E-state index in [1.807, 2.05) is 24.3 Å². The van der Waals surface area contributed by atoms with E-state index in [9.17, 15) is 14.7 Å². The summed E-state index contributed by atoms with van der Waals surface area (Å²) in [4.78, 5) is 24.9. The average Bonchev–Trinajstić information content (AvgIpc) is 3.12. The summed E-state index contributed by atoms with van der Waals surface area (Å²) in [6.07, 6.45) is 0. The number of benzene rings is 3. The van der Waals surface area contributed by atoms with Gasteiger partial charge in [0.05, 0.1) is 12.1 Å².